The van der Waals surface area contributed by atoms with E-state index in [0.717, 1.165) is 13.0 Å². The Balaban J connectivity index is 1.71. The summed E-state index contributed by atoms with van der Waals surface area (Å²) in [6, 6.07) is -0.289. The first kappa shape index (κ1) is 20.6. The van der Waals surface area contributed by atoms with Crippen molar-refractivity contribution in [2.45, 2.75) is 56.2 Å². The van der Waals surface area contributed by atoms with Gasteiger partial charge < -0.3 is 30.9 Å². The number of thioether (sulfide) groups is 1. The second-order valence-corrected chi connectivity index (χ2v) is 9.06. The van der Waals surface area contributed by atoms with E-state index in [1.54, 1.807) is 6.92 Å². The molecule has 0 aromatic carbocycles. The van der Waals surface area contributed by atoms with Crippen molar-refractivity contribution in [3.63, 3.8) is 0 Å². The van der Waals surface area contributed by atoms with Crippen molar-refractivity contribution in [1.82, 2.24) is 15.5 Å². The molecule has 8 nitrogen and oxygen atoms in total. The molecule has 2 saturated heterocycles. The van der Waals surface area contributed by atoms with Crippen LogP contribution in [0, 0.1) is 11.8 Å². The Labute approximate surface area is 163 Å². The van der Waals surface area contributed by atoms with Gasteiger partial charge in [0.05, 0.1) is 24.2 Å². The summed E-state index contributed by atoms with van der Waals surface area (Å²) in [7, 11) is 1.85. The van der Waals surface area contributed by atoms with Crippen LogP contribution in [-0.4, -0.2) is 81.8 Å². The minimum absolute atomic E-state index is 0.00897. The van der Waals surface area contributed by atoms with Gasteiger partial charge in [0.15, 0.2) is 0 Å². The zero-order valence-corrected chi connectivity index (χ0v) is 16.7. The van der Waals surface area contributed by atoms with Crippen LogP contribution < -0.4 is 10.6 Å². The number of aliphatic hydroxyl groups is 2. The summed E-state index contributed by atoms with van der Waals surface area (Å²) in [5.41, 5.74) is 0.0681. The highest BCUT2D eigenvalue weighted by molar-refractivity contribution is 8.03. The first-order valence-electron chi connectivity index (χ1n) is 9.49. The number of fused-ring (bicyclic) bond motifs is 1. The monoisotopic (exact) mass is 399 g/mol. The van der Waals surface area contributed by atoms with E-state index in [4.69, 9.17) is 0 Å². The molecule has 0 aromatic heterocycles. The Hall–Kier alpha value is -1.13. The molecule has 9 heteroatoms. The molecule has 5 N–H and O–H groups in total. The van der Waals surface area contributed by atoms with Gasteiger partial charge in [0.1, 0.15) is 5.70 Å². The molecule has 1 amide bonds. The van der Waals surface area contributed by atoms with Gasteiger partial charge in [-0.3, -0.25) is 4.79 Å². The summed E-state index contributed by atoms with van der Waals surface area (Å²) in [6.07, 6.45) is 0.168. The molecule has 3 aliphatic rings. The van der Waals surface area contributed by atoms with E-state index in [-0.39, 0.29) is 34.9 Å². The Morgan fingerprint density at radius 2 is 2.15 bits per heavy atom. The van der Waals surface area contributed by atoms with Crippen LogP contribution in [0.15, 0.2) is 10.6 Å². The minimum Gasteiger partial charge on any atom is -0.477 e. The summed E-state index contributed by atoms with van der Waals surface area (Å²) in [6.45, 7) is 4.94. The molecule has 2 fully saturated rings. The highest BCUT2D eigenvalue weighted by Crippen LogP contribution is 2.51. The zero-order valence-electron chi connectivity index (χ0n) is 15.9. The fraction of sp³-hybridized carbons (Fsp3) is 0.778. The van der Waals surface area contributed by atoms with Crippen molar-refractivity contribution in [2.75, 3.05) is 20.1 Å². The number of hydrogen-bond donors (Lipinski definition) is 5. The molecular weight excluding hydrogens is 370 g/mol. The number of carboxylic acids is 1. The third-order valence-electron chi connectivity index (χ3n) is 5.88. The largest absolute Gasteiger partial charge is 0.477 e. The number of amides is 1. The lowest BCUT2D eigenvalue weighted by Crippen LogP contribution is -2.63. The molecule has 3 heterocycles. The first-order chi connectivity index (χ1) is 12.8. The lowest BCUT2D eigenvalue weighted by Gasteiger charge is -2.46. The second-order valence-electron chi connectivity index (χ2n) is 7.72. The van der Waals surface area contributed by atoms with Crippen LogP contribution >= 0.6 is 11.8 Å². The van der Waals surface area contributed by atoms with Crippen molar-refractivity contribution in [2.24, 2.45) is 11.8 Å². The van der Waals surface area contributed by atoms with Gasteiger partial charge in [-0.1, -0.05) is 6.92 Å². The van der Waals surface area contributed by atoms with E-state index in [0.29, 0.717) is 17.9 Å². The number of nitrogens with one attached hydrogen (secondary N) is 2. The van der Waals surface area contributed by atoms with Crippen LogP contribution in [-0.2, 0) is 9.59 Å². The van der Waals surface area contributed by atoms with Crippen LogP contribution in [0.1, 0.15) is 26.7 Å². The predicted octanol–water partition coefficient (Wildman–Crippen LogP) is -0.426. The Kier molecular flexibility index (Phi) is 6.17. The van der Waals surface area contributed by atoms with Gasteiger partial charge in [0.25, 0.3) is 0 Å². The minimum atomic E-state index is -1.10. The summed E-state index contributed by atoms with van der Waals surface area (Å²) in [5, 5.41) is 36.4. The van der Waals surface area contributed by atoms with Crippen molar-refractivity contribution >= 4 is 23.6 Å². The number of β-lactam (4-membered cyclic amide) rings is 1. The Bertz CT molecular complexity index is 640. The molecule has 3 aliphatic heterocycles. The van der Waals surface area contributed by atoms with Crippen LogP contribution in [0.4, 0.5) is 0 Å². The fourth-order valence-electron chi connectivity index (χ4n) is 4.47. The Morgan fingerprint density at radius 3 is 2.74 bits per heavy atom. The molecule has 0 aliphatic carbocycles. The van der Waals surface area contributed by atoms with Gasteiger partial charge in [-0.15, -0.1) is 11.8 Å². The maximum atomic E-state index is 12.4. The highest BCUT2D eigenvalue weighted by Gasteiger charge is 2.60. The van der Waals surface area contributed by atoms with Crippen molar-refractivity contribution in [3.8, 4) is 0 Å². The third kappa shape index (κ3) is 3.63. The number of nitrogens with zero attached hydrogens (tertiary/aromatic N) is 1. The summed E-state index contributed by atoms with van der Waals surface area (Å²) >= 11 is 1.50. The lowest BCUT2D eigenvalue weighted by atomic mass is 9.79. The van der Waals surface area contributed by atoms with Crippen LogP contribution in [0.5, 0.6) is 0 Å². The zero-order chi connectivity index (χ0) is 19.9. The molecule has 0 aromatic rings. The van der Waals surface area contributed by atoms with E-state index < -0.39 is 24.1 Å². The van der Waals surface area contributed by atoms with Gasteiger partial charge >= 0.3 is 5.97 Å². The molecule has 7 atom stereocenters. The van der Waals surface area contributed by atoms with E-state index in [1.807, 2.05) is 14.0 Å². The molecule has 27 heavy (non-hydrogen) atoms. The summed E-state index contributed by atoms with van der Waals surface area (Å²) in [5.74, 6) is -2.06. The van der Waals surface area contributed by atoms with Crippen LogP contribution in [0.2, 0.25) is 0 Å². The van der Waals surface area contributed by atoms with Crippen molar-refractivity contribution in [1.29, 1.82) is 0 Å². The van der Waals surface area contributed by atoms with Crippen LogP contribution in [0.25, 0.3) is 0 Å². The molecule has 1 unspecified atom stereocenters. The molecule has 3 rings (SSSR count). The average Bonchev–Trinajstić information content (AvgIpc) is 3.15. The average molecular weight is 400 g/mol. The molecule has 0 bridgehead atoms. The number of carboxylic acid groups (broad SMARTS) is 1. The molecule has 0 radical (unpaired) electrons. The number of carbonyl (C=O) groups is 2. The third-order valence-corrected chi connectivity index (χ3v) is 7.40. The number of rotatable bonds is 8. The fourth-order valence-corrected chi connectivity index (χ4v) is 5.96. The van der Waals surface area contributed by atoms with E-state index in [1.165, 1.54) is 16.7 Å². The molecule has 0 saturated carbocycles. The van der Waals surface area contributed by atoms with Gasteiger partial charge in [-0.05, 0) is 33.4 Å². The smallest absolute Gasteiger partial charge is 0.353 e. The Morgan fingerprint density at radius 1 is 1.44 bits per heavy atom. The van der Waals surface area contributed by atoms with Crippen molar-refractivity contribution in [3.05, 3.63) is 10.6 Å². The predicted molar refractivity (Wildman–Crippen MR) is 102 cm³/mol. The van der Waals surface area contributed by atoms with E-state index in [9.17, 15) is 24.9 Å². The lowest BCUT2D eigenvalue weighted by molar-refractivity contribution is -0.163. The maximum Gasteiger partial charge on any atom is 0.353 e. The quantitative estimate of drug-likeness (QED) is 0.349. The number of aliphatic carboxylic acids is 1. The summed E-state index contributed by atoms with van der Waals surface area (Å²) in [4.78, 5) is 26.3. The van der Waals surface area contributed by atoms with Gasteiger partial charge in [0.2, 0.25) is 5.91 Å². The van der Waals surface area contributed by atoms with Crippen molar-refractivity contribution < 1.29 is 24.9 Å². The number of carbonyl (C=O) groups excluding carboxylic acids is 1. The maximum absolute atomic E-state index is 12.4. The SMILES string of the molecule is CNCC[C@@H](O)[C@@H]1C[C@H](SC2=C(C(=O)O)N3C(=O)[C@H](C(C)O)[C@H]3[C@H]2C)CN1. The summed E-state index contributed by atoms with van der Waals surface area (Å²) < 4.78 is 0. The normalized spacial score (nSPS) is 35.2. The second kappa shape index (κ2) is 8.08. The topological polar surface area (TPSA) is 122 Å². The first-order valence-corrected chi connectivity index (χ1v) is 10.4. The van der Waals surface area contributed by atoms with Gasteiger partial charge in [-0.2, -0.15) is 0 Å². The molecular formula is C18H29N3O5S. The standard InChI is InChI=1S/C18H29N3O5S/c1-8-14-13(9(2)22)17(24)21(14)15(18(25)26)16(8)27-10-6-11(20-7-10)12(23)4-5-19-3/h8-14,19-20,22-23H,4-7H2,1-3H3,(H,25,26)/t8-,9?,10+,11+,12-,13-,14-/m1/s1. The molecule has 152 valence electrons. The van der Waals surface area contributed by atoms with E-state index >= 15 is 0 Å². The number of aliphatic hydroxyl groups excluding tert-OH is 2. The van der Waals surface area contributed by atoms with E-state index in [2.05, 4.69) is 10.6 Å². The highest BCUT2D eigenvalue weighted by atomic mass is 32.2. The van der Waals surface area contributed by atoms with Gasteiger partial charge in [-0.25, -0.2) is 4.79 Å². The van der Waals surface area contributed by atoms with Crippen LogP contribution in [0.3, 0.4) is 0 Å². The number of hydrogen-bond acceptors (Lipinski definition) is 7. The molecule has 0 spiro atoms. The van der Waals surface area contributed by atoms with Gasteiger partial charge in [0, 0.05) is 28.7 Å².